The summed E-state index contributed by atoms with van der Waals surface area (Å²) < 4.78 is 11.8. The third-order valence-electron chi connectivity index (χ3n) is 6.00. The number of carbonyl (C=O) groups is 1. The number of rotatable bonds is 8. The van der Waals surface area contributed by atoms with Crippen molar-refractivity contribution in [1.29, 1.82) is 0 Å². The van der Waals surface area contributed by atoms with Crippen LogP contribution in [0.5, 0.6) is 5.75 Å². The number of thiazole rings is 1. The summed E-state index contributed by atoms with van der Waals surface area (Å²) in [6, 6.07) is 12.1. The van der Waals surface area contributed by atoms with E-state index in [0.29, 0.717) is 13.0 Å². The van der Waals surface area contributed by atoms with Crippen LogP contribution in [0.3, 0.4) is 0 Å². The van der Waals surface area contributed by atoms with Crippen molar-refractivity contribution in [3.63, 3.8) is 0 Å². The second kappa shape index (κ2) is 11.8. The minimum absolute atomic E-state index is 0. The van der Waals surface area contributed by atoms with Crippen molar-refractivity contribution in [3.05, 3.63) is 53.1 Å². The van der Waals surface area contributed by atoms with Crippen LogP contribution in [0.1, 0.15) is 23.1 Å². The Balaban J connectivity index is 0.00000306. The Morgan fingerprint density at radius 2 is 1.94 bits per heavy atom. The molecule has 8 heteroatoms. The van der Waals surface area contributed by atoms with E-state index in [1.165, 1.54) is 11.1 Å². The average molecular weight is 490 g/mol. The van der Waals surface area contributed by atoms with Gasteiger partial charge in [0.15, 0.2) is 5.13 Å². The number of hydrogen-bond donors (Lipinski definition) is 0. The zero-order valence-electron chi connectivity index (χ0n) is 19.5. The molecule has 1 aliphatic heterocycles. The molecule has 0 N–H and O–H groups in total. The molecule has 0 atom stereocenters. The number of halogens is 1. The number of nitrogens with zero attached hydrogens (tertiary/aromatic N) is 3. The molecule has 0 radical (unpaired) electrons. The van der Waals surface area contributed by atoms with Gasteiger partial charge in [-0.2, -0.15) is 0 Å². The van der Waals surface area contributed by atoms with Gasteiger partial charge in [0, 0.05) is 26.2 Å². The van der Waals surface area contributed by atoms with Crippen LogP contribution >= 0.6 is 23.7 Å². The fraction of sp³-hybridized carbons (Fsp3) is 0.440. The van der Waals surface area contributed by atoms with E-state index < -0.39 is 0 Å². The number of fused-ring (bicyclic) bond motifs is 1. The monoisotopic (exact) mass is 489 g/mol. The number of methoxy groups -OCH3 is 1. The van der Waals surface area contributed by atoms with Crippen molar-refractivity contribution in [3.8, 4) is 5.75 Å². The van der Waals surface area contributed by atoms with Crippen LogP contribution in [0.4, 0.5) is 5.13 Å². The Labute approximate surface area is 205 Å². The van der Waals surface area contributed by atoms with Gasteiger partial charge >= 0.3 is 0 Å². The second-order valence-electron chi connectivity index (χ2n) is 8.28. The molecule has 1 aromatic heterocycles. The van der Waals surface area contributed by atoms with Gasteiger partial charge in [0.2, 0.25) is 5.91 Å². The quantitative estimate of drug-likeness (QED) is 0.461. The van der Waals surface area contributed by atoms with Gasteiger partial charge in [-0.1, -0.05) is 29.5 Å². The van der Waals surface area contributed by atoms with Crippen molar-refractivity contribution in [1.82, 2.24) is 9.88 Å². The predicted molar refractivity (Wildman–Crippen MR) is 137 cm³/mol. The minimum Gasteiger partial charge on any atom is -0.497 e. The maximum atomic E-state index is 13.4. The first-order valence-corrected chi connectivity index (χ1v) is 12.0. The lowest BCUT2D eigenvalue weighted by atomic mass is 10.0. The first-order chi connectivity index (χ1) is 15.5. The molecular weight excluding hydrogens is 458 g/mol. The third kappa shape index (κ3) is 6.44. The Morgan fingerprint density at radius 3 is 2.67 bits per heavy atom. The normalized spacial score (nSPS) is 14.2. The van der Waals surface area contributed by atoms with Crippen LogP contribution in [0.2, 0.25) is 0 Å². The highest BCUT2D eigenvalue weighted by atomic mass is 35.5. The van der Waals surface area contributed by atoms with E-state index in [1.807, 2.05) is 23.1 Å². The molecule has 2 aromatic carbocycles. The van der Waals surface area contributed by atoms with E-state index in [0.717, 1.165) is 65.9 Å². The number of aryl methyl sites for hydroxylation is 2. The third-order valence-corrected chi connectivity index (χ3v) is 7.04. The van der Waals surface area contributed by atoms with E-state index >= 15 is 0 Å². The van der Waals surface area contributed by atoms with Gasteiger partial charge in [-0.15, -0.1) is 12.4 Å². The summed E-state index contributed by atoms with van der Waals surface area (Å²) >= 11 is 1.55. The summed E-state index contributed by atoms with van der Waals surface area (Å²) in [6.07, 6.45) is 1.27. The summed E-state index contributed by atoms with van der Waals surface area (Å²) in [5.41, 5.74) is 4.38. The van der Waals surface area contributed by atoms with E-state index in [1.54, 1.807) is 18.4 Å². The van der Waals surface area contributed by atoms with Crippen molar-refractivity contribution < 1.29 is 14.3 Å². The van der Waals surface area contributed by atoms with Gasteiger partial charge in [0.05, 0.1) is 37.0 Å². The highest BCUT2D eigenvalue weighted by Gasteiger charge is 2.21. The Bertz CT molecular complexity index is 1080. The maximum absolute atomic E-state index is 13.4. The van der Waals surface area contributed by atoms with Crippen molar-refractivity contribution in [2.24, 2.45) is 0 Å². The summed E-state index contributed by atoms with van der Waals surface area (Å²) in [7, 11) is 1.66. The van der Waals surface area contributed by atoms with Crippen LogP contribution in [-0.4, -0.2) is 62.3 Å². The number of amides is 1. The first kappa shape index (κ1) is 25.4. The standard InChI is InChI=1S/C25H31N3O3S.ClH/c1-18-5-6-20(15-19(18)2)16-24(29)28(10-4-9-27-11-13-31-14-12-27)25-26-22-8-7-21(30-3)17-23(22)32-25;/h5-8,15,17H,4,9-14,16H2,1-3H3;1H. The van der Waals surface area contributed by atoms with E-state index in [4.69, 9.17) is 14.5 Å². The Kier molecular flexibility index (Phi) is 9.09. The van der Waals surface area contributed by atoms with E-state index in [2.05, 4.69) is 36.9 Å². The molecule has 1 fully saturated rings. The van der Waals surface area contributed by atoms with Gasteiger partial charge in [0.25, 0.3) is 0 Å². The fourth-order valence-electron chi connectivity index (χ4n) is 3.92. The SMILES string of the molecule is COc1ccc2nc(N(CCCN3CCOCC3)C(=O)Cc3ccc(C)c(C)c3)sc2c1.Cl. The van der Waals surface area contributed by atoms with Gasteiger partial charge in [-0.25, -0.2) is 4.98 Å². The summed E-state index contributed by atoms with van der Waals surface area (Å²) in [4.78, 5) is 22.5. The van der Waals surface area contributed by atoms with Crippen LogP contribution in [0, 0.1) is 13.8 Å². The largest absolute Gasteiger partial charge is 0.497 e. The second-order valence-corrected chi connectivity index (χ2v) is 9.29. The van der Waals surface area contributed by atoms with Crippen LogP contribution < -0.4 is 9.64 Å². The van der Waals surface area contributed by atoms with Crippen LogP contribution in [-0.2, 0) is 16.0 Å². The van der Waals surface area contributed by atoms with Crippen LogP contribution in [0.25, 0.3) is 10.2 Å². The minimum atomic E-state index is 0. The number of hydrogen-bond acceptors (Lipinski definition) is 6. The fourth-order valence-corrected chi connectivity index (χ4v) is 4.96. The predicted octanol–water partition coefficient (Wildman–Crippen LogP) is 4.64. The lowest BCUT2D eigenvalue weighted by molar-refractivity contribution is -0.118. The highest BCUT2D eigenvalue weighted by molar-refractivity contribution is 7.22. The zero-order valence-corrected chi connectivity index (χ0v) is 21.1. The van der Waals surface area contributed by atoms with Crippen molar-refractivity contribution in [2.75, 3.05) is 51.4 Å². The van der Waals surface area contributed by atoms with Crippen LogP contribution in [0.15, 0.2) is 36.4 Å². The van der Waals surface area contributed by atoms with Gasteiger partial charge in [0.1, 0.15) is 5.75 Å². The molecule has 33 heavy (non-hydrogen) atoms. The molecule has 1 saturated heterocycles. The molecule has 1 amide bonds. The molecule has 1 aliphatic rings. The number of benzene rings is 2. The van der Waals surface area contributed by atoms with Gasteiger partial charge in [-0.3, -0.25) is 14.6 Å². The number of aromatic nitrogens is 1. The number of ether oxygens (including phenoxy) is 2. The smallest absolute Gasteiger partial charge is 0.233 e. The topological polar surface area (TPSA) is 54.9 Å². The van der Waals surface area contributed by atoms with Crippen molar-refractivity contribution in [2.45, 2.75) is 26.7 Å². The average Bonchev–Trinajstić information content (AvgIpc) is 3.22. The molecular formula is C25H32ClN3O3S. The summed E-state index contributed by atoms with van der Waals surface area (Å²) in [6.45, 7) is 9.27. The summed E-state index contributed by atoms with van der Waals surface area (Å²) in [5.74, 6) is 0.884. The molecule has 0 aliphatic carbocycles. The lowest BCUT2D eigenvalue weighted by Crippen LogP contribution is -2.39. The van der Waals surface area contributed by atoms with Crippen molar-refractivity contribution >= 4 is 45.0 Å². The Hall–Kier alpha value is -2.19. The molecule has 4 rings (SSSR count). The molecule has 0 saturated carbocycles. The Morgan fingerprint density at radius 1 is 1.15 bits per heavy atom. The molecule has 178 valence electrons. The van der Waals surface area contributed by atoms with Gasteiger partial charge < -0.3 is 9.47 Å². The molecule has 0 bridgehead atoms. The summed E-state index contributed by atoms with van der Waals surface area (Å²) in [5, 5.41) is 0.754. The number of morpholine rings is 1. The molecule has 2 heterocycles. The lowest BCUT2D eigenvalue weighted by Gasteiger charge is -2.27. The molecule has 3 aromatic rings. The molecule has 0 spiro atoms. The number of anilines is 1. The first-order valence-electron chi connectivity index (χ1n) is 11.1. The van der Waals surface area contributed by atoms with Gasteiger partial charge in [-0.05, 0) is 55.2 Å². The molecule has 6 nitrogen and oxygen atoms in total. The highest BCUT2D eigenvalue weighted by Crippen LogP contribution is 2.32. The zero-order chi connectivity index (χ0) is 22.5. The number of carbonyl (C=O) groups excluding carboxylic acids is 1. The maximum Gasteiger partial charge on any atom is 0.233 e. The van der Waals surface area contributed by atoms with E-state index in [-0.39, 0.29) is 18.3 Å². The molecule has 0 unspecified atom stereocenters. The van der Waals surface area contributed by atoms with E-state index in [9.17, 15) is 4.79 Å².